The molecular weight excluding hydrogens is 436 g/mol. The molecule has 5 rings (SSSR count). The third kappa shape index (κ3) is 5.37. The third-order valence-electron chi connectivity index (χ3n) is 5.86. The Kier molecular flexibility index (Phi) is 6.59. The Balaban J connectivity index is 1.05. The Hall–Kier alpha value is -3.30. The maximum absolute atomic E-state index is 12.9. The molecule has 0 unspecified atom stereocenters. The van der Waals surface area contributed by atoms with E-state index < -0.39 is 0 Å². The SMILES string of the molecule is O=C(c1ccc(Cn2ccnc2)cc1)N1CCN(CCCc2nc(-c3cccs3)no2)CC1. The van der Waals surface area contributed by atoms with Crippen molar-refractivity contribution in [1.82, 2.24) is 29.5 Å². The molecule has 3 aromatic heterocycles. The molecular formula is C24H26N6O2S. The number of hydrogen-bond acceptors (Lipinski definition) is 7. The number of aryl methyl sites for hydroxylation is 1. The molecule has 0 radical (unpaired) electrons. The van der Waals surface area contributed by atoms with Crippen molar-refractivity contribution in [3.05, 3.63) is 77.5 Å². The van der Waals surface area contributed by atoms with Crippen LogP contribution in [0.25, 0.3) is 10.7 Å². The molecule has 0 bridgehead atoms. The predicted octanol–water partition coefficient (Wildman–Crippen LogP) is 3.43. The van der Waals surface area contributed by atoms with E-state index in [9.17, 15) is 4.79 Å². The van der Waals surface area contributed by atoms with Gasteiger partial charge in [0.05, 0.1) is 11.2 Å². The highest BCUT2D eigenvalue weighted by Crippen LogP contribution is 2.21. The first-order valence-corrected chi connectivity index (χ1v) is 12.1. The molecule has 170 valence electrons. The molecule has 1 saturated heterocycles. The molecule has 8 nitrogen and oxygen atoms in total. The van der Waals surface area contributed by atoms with E-state index in [1.54, 1.807) is 23.9 Å². The quantitative estimate of drug-likeness (QED) is 0.399. The van der Waals surface area contributed by atoms with Crippen molar-refractivity contribution in [2.45, 2.75) is 19.4 Å². The Morgan fingerprint density at radius 1 is 1.09 bits per heavy atom. The second-order valence-electron chi connectivity index (χ2n) is 8.16. The minimum atomic E-state index is 0.107. The maximum Gasteiger partial charge on any atom is 0.253 e. The number of aromatic nitrogens is 4. The third-order valence-corrected chi connectivity index (χ3v) is 6.73. The summed E-state index contributed by atoms with van der Waals surface area (Å²) in [6, 6.07) is 11.9. The molecule has 1 aliphatic rings. The van der Waals surface area contributed by atoms with Gasteiger partial charge in [-0.3, -0.25) is 9.69 Å². The highest BCUT2D eigenvalue weighted by molar-refractivity contribution is 7.13. The molecule has 0 atom stereocenters. The molecule has 0 N–H and O–H groups in total. The molecule has 4 heterocycles. The van der Waals surface area contributed by atoms with Gasteiger partial charge in [-0.1, -0.05) is 23.4 Å². The lowest BCUT2D eigenvalue weighted by molar-refractivity contribution is 0.0635. The van der Waals surface area contributed by atoms with Gasteiger partial charge >= 0.3 is 0 Å². The highest BCUT2D eigenvalue weighted by atomic mass is 32.1. The van der Waals surface area contributed by atoms with Gasteiger partial charge in [0, 0.05) is 57.1 Å². The van der Waals surface area contributed by atoms with Crippen LogP contribution in [0.5, 0.6) is 0 Å². The van der Waals surface area contributed by atoms with Gasteiger partial charge in [0.2, 0.25) is 11.7 Å². The average molecular weight is 463 g/mol. The number of hydrogen-bond donors (Lipinski definition) is 0. The number of piperazine rings is 1. The van der Waals surface area contributed by atoms with Gasteiger partial charge in [-0.15, -0.1) is 11.3 Å². The van der Waals surface area contributed by atoms with Crippen molar-refractivity contribution in [1.29, 1.82) is 0 Å². The zero-order valence-electron chi connectivity index (χ0n) is 18.3. The summed E-state index contributed by atoms with van der Waals surface area (Å²) in [5.41, 5.74) is 1.90. The van der Waals surface area contributed by atoms with E-state index in [2.05, 4.69) is 20.0 Å². The highest BCUT2D eigenvalue weighted by Gasteiger charge is 2.22. The van der Waals surface area contributed by atoms with Gasteiger partial charge in [0.15, 0.2) is 0 Å². The maximum atomic E-state index is 12.9. The van der Waals surface area contributed by atoms with Crippen molar-refractivity contribution in [3.8, 4) is 10.7 Å². The summed E-state index contributed by atoms with van der Waals surface area (Å²) in [6.45, 7) is 4.98. The van der Waals surface area contributed by atoms with Crippen LogP contribution in [-0.2, 0) is 13.0 Å². The van der Waals surface area contributed by atoms with Gasteiger partial charge in [-0.25, -0.2) is 4.98 Å². The normalized spacial score (nSPS) is 14.6. The van der Waals surface area contributed by atoms with E-state index in [-0.39, 0.29) is 5.91 Å². The summed E-state index contributed by atoms with van der Waals surface area (Å²) >= 11 is 1.61. The first-order chi connectivity index (χ1) is 16.2. The minimum Gasteiger partial charge on any atom is -0.339 e. The summed E-state index contributed by atoms with van der Waals surface area (Å²) in [5.74, 6) is 1.46. The van der Waals surface area contributed by atoms with Crippen LogP contribution in [0.2, 0.25) is 0 Å². The van der Waals surface area contributed by atoms with Crippen molar-refractivity contribution in [2.24, 2.45) is 0 Å². The van der Waals surface area contributed by atoms with Crippen molar-refractivity contribution in [2.75, 3.05) is 32.7 Å². The number of thiophene rings is 1. The van der Waals surface area contributed by atoms with Gasteiger partial charge < -0.3 is 14.0 Å². The van der Waals surface area contributed by atoms with E-state index in [1.807, 2.05) is 57.4 Å². The first kappa shape index (κ1) is 21.5. The molecule has 9 heteroatoms. The number of imidazole rings is 1. The number of nitrogens with zero attached hydrogens (tertiary/aromatic N) is 6. The van der Waals surface area contributed by atoms with Crippen LogP contribution in [0, 0.1) is 0 Å². The number of carbonyl (C=O) groups is 1. The minimum absolute atomic E-state index is 0.107. The lowest BCUT2D eigenvalue weighted by Crippen LogP contribution is -2.48. The zero-order valence-corrected chi connectivity index (χ0v) is 19.2. The standard InChI is InChI=1S/C24H26N6O2S/c31-24(20-7-5-19(6-8-20)17-29-11-9-25-18-29)30-14-12-28(13-15-30)10-1-4-22-26-23(27-32-22)21-3-2-16-33-21/h2-3,5-9,11,16,18H,1,4,10,12-15,17H2. The molecule has 1 aromatic carbocycles. The molecule has 0 aliphatic carbocycles. The van der Waals surface area contributed by atoms with E-state index in [0.717, 1.165) is 68.1 Å². The number of carbonyl (C=O) groups excluding carboxylic acids is 1. The monoisotopic (exact) mass is 462 g/mol. The van der Waals surface area contributed by atoms with Crippen molar-refractivity contribution < 1.29 is 9.32 Å². The number of rotatable bonds is 8. The van der Waals surface area contributed by atoms with E-state index >= 15 is 0 Å². The van der Waals surface area contributed by atoms with Crippen LogP contribution in [-0.4, -0.2) is 68.1 Å². The Morgan fingerprint density at radius 2 is 1.94 bits per heavy atom. The van der Waals surface area contributed by atoms with E-state index in [1.165, 1.54) is 0 Å². The number of benzene rings is 1. The van der Waals surface area contributed by atoms with Crippen LogP contribution in [0.3, 0.4) is 0 Å². The van der Waals surface area contributed by atoms with Crippen LogP contribution in [0.15, 0.2) is 65.0 Å². The van der Waals surface area contributed by atoms with Gasteiger partial charge in [0.25, 0.3) is 5.91 Å². The smallest absolute Gasteiger partial charge is 0.253 e. The van der Waals surface area contributed by atoms with Gasteiger partial charge in [-0.2, -0.15) is 4.98 Å². The molecule has 4 aromatic rings. The lowest BCUT2D eigenvalue weighted by Gasteiger charge is -2.34. The fourth-order valence-corrected chi connectivity index (χ4v) is 4.67. The summed E-state index contributed by atoms with van der Waals surface area (Å²) in [7, 11) is 0. The fourth-order valence-electron chi connectivity index (χ4n) is 4.02. The first-order valence-electron chi connectivity index (χ1n) is 11.2. The van der Waals surface area contributed by atoms with Crippen LogP contribution >= 0.6 is 11.3 Å². The summed E-state index contributed by atoms with van der Waals surface area (Å²) in [6.07, 6.45) is 7.22. The summed E-state index contributed by atoms with van der Waals surface area (Å²) in [4.78, 5) is 26.8. The van der Waals surface area contributed by atoms with Gasteiger partial charge in [-0.05, 0) is 42.1 Å². The Labute approximate surface area is 196 Å². The van der Waals surface area contributed by atoms with Crippen LogP contribution in [0.4, 0.5) is 0 Å². The van der Waals surface area contributed by atoms with E-state index in [0.29, 0.717) is 11.7 Å². The Morgan fingerprint density at radius 3 is 2.67 bits per heavy atom. The summed E-state index contributed by atoms with van der Waals surface area (Å²) < 4.78 is 7.39. The van der Waals surface area contributed by atoms with Crippen molar-refractivity contribution in [3.63, 3.8) is 0 Å². The Bertz CT molecular complexity index is 1150. The van der Waals surface area contributed by atoms with Crippen LogP contribution in [0.1, 0.15) is 28.2 Å². The second-order valence-corrected chi connectivity index (χ2v) is 9.11. The molecule has 1 aliphatic heterocycles. The molecule has 1 fully saturated rings. The molecule has 33 heavy (non-hydrogen) atoms. The van der Waals surface area contributed by atoms with Crippen molar-refractivity contribution >= 4 is 17.2 Å². The molecule has 0 saturated carbocycles. The fraction of sp³-hybridized carbons (Fsp3) is 0.333. The molecule has 0 spiro atoms. The lowest BCUT2D eigenvalue weighted by atomic mass is 10.1. The van der Waals surface area contributed by atoms with E-state index in [4.69, 9.17) is 4.52 Å². The average Bonchev–Trinajstić information content (AvgIpc) is 3.62. The number of amides is 1. The zero-order chi connectivity index (χ0) is 22.5. The largest absolute Gasteiger partial charge is 0.339 e. The molecule has 1 amide bonds. The summed E-state index contributed by atoms with van der Waals surface area (Å²) in [5, 5.41) is 6.08. The predicted molar refractivity (Wildman–Crippen MR) is 126 cm³/mol. The second kappa shape index (κ2) is 10.1. The van der Waals surface area contributed by atoms with Gasteiger partial charge in [0.1, 0.15) is 0 Å². The topological polar surface area (TPSA) is 80.3 Å². The van der Waals surface area contributed by atoms with Crippen LogP contribution < -0.4 is 0 Å².